The summed E-state index contributed by atoms with van der Waals surface area (Å²) in [5, 5.41) is 3.14. The maximum atomic E-state index is 12.1. The van der Waals surface area contributed by atoms with Crippen molar-refractivity contribution in [3.8, 4) is 0 Å². The van der Waals surface area contributed by atoms with Crippen molar-refractivity contribution >= 4 is 29.7 Å². The molecule has 1 atom stereocenters. The minimum absolute atomic E-state index is 0. The molecule has 1 saturated carbocycles. The van der Waals surface area contributed by atoms with Gasteiger partial charge in [-0.2, -0.15) is 0 Å². The molecule has 0 radical (unpaired) electrons. The molecule has 0 spiro atoms. The van der Waals surface area contributed by atoms with E-state index >= 15 is 0 Å². The second-order valence-electron chi connectivity index (χ2n) is 5.50. The van der Waals surface area contributed by atoms with Gasteiger partial charge in [0.2, 0.25) is 5.91 Å². The van der Waals surface area contributed by atoms with Crippen LogP contribution in [0.15, 0.2) is 12.1 Å². The van der Waals surface area contributed by atoms with Gasteiger partial charge in [-0.15, -0.1) is 23.7 Å². The number of thiophene rings is 1. The largest absolute Gasteiger partial charge is 0.352 e. The molecule has 1 aliphatic carbocycles. The first kappa shape index (κ1) is 17.5. The van der Waals surface area contributed by atoms with Crippen molar-refractivity contribution in [3.63, 3.8) is 0 Å². The average Bonchev–Trinajstić information content (AvgIpc) is 2.82. The highest BCUT2D eigenvalue weighted by Crippen LogP contribution is 2.26. The maximum Gasteiger partial charge on any atom is 0.225 e. The lowest BCUT2D eigenvalue weighted by Gasteiger charge is -2.30. The standard InChI is InChI=1S/C15H24N2OS.ClH/c1-11-7-8-13(19-11)9-15(18)17-14(10-16)12-5-3-2-4-6-12;/h7-8,12,14H,2-6,9-10,16H2,1H3,(H,17,18);1H. The fourth-order valence-electron chi connectivity index (χ4n) is 2.90. The highest BCUT2D eigenvalue weighted by atomic mass is 35.5. The summed E-state index contributed by atoms with van der Waals surface area (Å²) in [6, 6.07) is 4.26. The lowest BCUT2D eigenvalue weighted by atomic mass is 9.84. The molecule has 1 amide bonds. The summed E-state index contributed by atoms with van der Waals surface area (Å²) >= 11 is 1.69. The molecule has 114 valence electrons. The van der Waals surface area contributed by atoms with Crippen molar-refractivity contribution in [2.45, 2.75) is 51.5 Å². The van der Waals surface area contributed by atoms with E-state index in [0.29, 0.717) is 18.9 Å². The number of amides is 1. The van der Waals surface area contributed by atoms with E-state index in [0.717, 1.165) is 4.88 Å². The summed E-state index contributed by atoms with van der Waals surface area (Å²) in [5.41, 5.74) is 5.84. The van der Waals surface area contributed by atoms with Crippen LogP contribution >= 0.6 is 23.7 Å². The third kappa shape index (κ3) is 5.08. The number of halogens is 1. The number of rotatable bonds is 5. The number of carbonyl (C=O) groups is 1. The molecule has 1 aliphatic rings. The van der Waals surface area contributed by atoms with Gasteiger partial charge < -0.3 is 11.1 Å². The normalized spacial score (nSPS) is 17.3. The molecule has 1 aromatic rings. The molecule has 3 N–H and O–H groups in total. The molecule has 2 rings (SSSR count). The summed E-state index contributed by atoms with van der Waals surface area (Å²) in [7, 11) is 0. The molecule has 20 heavy (non-hydrogen) atoms. The molecule has 3 nitrogen and oxygen atoms in total. The van der Waals surface area contributed by atoms with E-state index in [1.165, 1.54) is 37.0 Å². The summed E-state index contributed by atoms with van der Waals surface area (Å²) in [4.78, 5) is 14.5. The lowest BCUT2D eigenvalue weighted by Crippen LogP contribution is -2.46. The third-order valence-electron chi connectivity index (χ3n) is 3.95. The van der Waals surface area contributed by atoms with Crippen molar-refractivity contribution < 1.29 is 4.79 Å². The zero-order valence-corrected chi connectivity index (χ0v) is 13.7. The van der Waals surface area contributed by atoms with Gasteiger partial charge in [-0.1, -0.05) is 19.3 Å². The van der Waals surface area contributed by atoms with Gasteiger partial charge in [0, 0.05) is 22.3 Å². The lowest BCUT2D eigenvalue weighted by molar-refractivity contribution is -0.121. The number of hydrogen-bond acceptors (Lipinski definition) is 3. The van der Waals surface area contributed by atoms with Crippen molar-refractivity contribution in [2.75, 3.05) is 6.54 Å². The quantitative estimate of drug-likeness (QED) is 0.877. The molecule has 5 heteroatoms. The minimum Gasteiger partial charge on any atom is -0.352 e. The van der Waals surface area contributed by atoms with E-state index in [1.54, 1.807) is 11.3 Å². The molecule has 0 aromatic carbocycles. The van der Waals surface area contributed by atoms with Crippen LogP contribution in [-0.4, -0.2) is 18.5 Å². The number of aryl methyl sites for hydroxylation is 1. The predicted octanol–water partition coefficient (Wildman–Crippen LogP) is 3.04. The molecule has 0 bridgehead atoms. The fraction of sp³-hybridized carbons (Fsp3) is 0.667. The SMILES string of the molecule is Cc1ccc(CC(=O)NC(CN)C2CCCCC2)s1.Cl. The van der Waals surface area contributed by atoms with Crippen LogP contribution < -0.4 is 11.1 Å². The molecule has 1 fully saturated rings. The molecule has 0 saturated heterocycles. The molecular formula is C15H25ClN2OS. The third-order valence-corrected chi connectivity index (χ3v) is 4.95. The van der Waals surface area contributed by atoms with Crippen molar-refractivity contribution in [1.29, 1.82) is 0 Å². The van der Waals surface area contributed by atoms with Crippen LogP contribution in [0.3, 0.4) is 0 Å². The van der Waals surface area contributed by atoms with Crippen molar-refractivity contribution in [2.24, 2.45) is 11.7 Å². The number of nitrogens with two attached hydrogens (primary N) is 1. The van der Waals surface area contributed by atoms with Gasteiger partial charge in [0.1, 0.15) is 0 Å². The molecular weight excluding hydrogens is 292 g/mol. The Hall–Kier alpha value is -0.580. The zero-order valence-electron chi connectivity index (χ0n) is 12.1. The van der Waals surface area contributed by atoms with Crippen LogP contribution in [0.4, 0.5) is 0 Å². The van der Waals surface area contributed by atoms with E-state index in [-0.39, 0.29) is 24.4 Å². The molecule has 1 aromatic heterocycles. The Bertz CT molecular complexity index is 416. The first-order valence-electron chi connectivity index (χ1n) is 7.24. The summed E-state index contributed by atoms with van der Waals surface area (Å²) in [5.74, 6) is 0.690. The van der Waals surface area contributed by atoms with Crippen LogP contribution in [-0.2, 0) is 11.2 Å². The Kier molecular flexibility index (Phi) is 7.56. The zero-order chi connectivity index (χ0) is 13.7. The van der Waals surface area contributed by atoms with E-state index < -0.39 is 0 Å². The summed E-state index contributed by atoms with van der Waals surface area (Å²) in [6.07, 6.45) is 6.79. The Labute approximate surface area is 131 Å². The molecule has 1 unspecified atom stereocenters. The smallest absolute Gasteiger partial charge is 0.225 e. The molecule has 1 heterocycles. The van der Waals surface area contributed by atoms with Gasteiger partial charge in [-0.25, -0.2) is 0 Å². The first-order chi connectivity index (χ1) is 9.19. The summed E-state index contributed by atoms with van der Waals surface area (Å²) in [6.45, 7) is 2.62. The van der Waals surface area contributed by atoms with Gasteiger partial charge in [0.25, 0.3) is 0 Å². The van der Waals surface area contributed by atoms with Gasteiger partial charge in [0.15, 0.2) is 0 Å². The summed E-state index contributed by atoms with van der Waals surface area (Å²) < 4.78 is 0. The second-order valence-corrected chi connectivity index (χ2v) is 6.87. The highest BCUT2D eigenvalue weighted by Gasteiger charge is 2.23. The van der Waals surface area contributed by atoms with Crippen LogP contribution in [0.2, 0.25) is 0 Å². The highest BCUT2D eigenvalue weighted by molar-refractivity contribution is 7.12. The Morgan fingerprint density at radius 3 is 2.65 bits per heavy atom. The van der Waals surface area contributed by atoms with Crippen molar-refractivity contribution in [1.82, 2.24) is 5.32 Å². The number of nitrogens with one attached hydrogen (secondary N) is 1. The van der Waals surface area contributed by atoms with Gasteiger partial charge in [0.05, 0.1) is 6.42 Å². The maximum absolute atomic E-state index is 12.1. The topological polar surface area (TPSA) is 55.1 Å². The van der Waals surface area contributed by atoms with Crippen LogP contribution in [0.5, 0.6) is 0 Å². The number of hydrogen-bond donors (Lipinski definition) is 2. The van der Waals surface area contributed by atoms with E-state index in [9.17, 15) is 4.79 Å². The van der Waals surface area contributed by atoms with Crippen LogP contribution in [0.1, 0.15) is 41.9 Å². The van der Waals surface area contributed by atoms with Crippen LogP contribution in [0.25, 0.3) is 0 Å². The van der Waals surface area contributed by atoms with E-state index in [4.69, 9.17) is 5.73 Å². The fourth-order valence-corrected chi connectivity index (χ4v) is 3.79. The predicted molar refractivity (Wildman–Crippen MR) is 87.6 cm³/mol. The van der Waals surface area contributed by atoms with Gasteiger partial charge in [-0.3, -0.25) is 4.79 Å². The Balaban J connectivity index is 0.00000200. The monoisotopic (exact) mass is 316 g/mol. The average molecular weight is 317 g/mol. The first-order valence-corrected chi connectivity index (χ1v) is 8.05. The van der Waals surface area contributed by atoms with Crippen molar-refractivity contribution in [3.05, 3.63) is 21.9 Å². The van der Waals surface area contributed by atoms with E-state index in [2.05, 4.69) is 18.3 Å². The second kappa shape index (κ2) is 8.65. The number of carbonyl (C=O) groups excluding carboxylic acids is 1. The van der Waals surface area contributed by atoms with E-state index in [1.807, 2.05) is 6.07 Å². The Morgan fingerprint density at radius 2 is 2.10 bits per heavy atom. The van der Waals surface area contributed by atoms with Gasteiger partial charge >= 0.3 is 0 Å². The minimum atomic E-state index is 0. The van der Waals surface area contributed by atoms with Crippen LogP contribution in [0, 0.1) is 12.8 Å². The van der Waals surface area contributed by atoms with Gasteiger partial charge in [-0.05, 0) is 37.8 Å². The Morgan fingerprint density at radius 1 is 1.40 bits per heavy atom. The molecule has 0 aliphatic heterocycles.